The number of halogens is 1. The minimum atomic E-state index is -0.999. The van der Waals surface area contributed by atoms with E-state index in [0.717, 1.165) is 0 Å². The fourth-order valence-electron chi connectivity index (χ4n) is 1.98. The Morgan fingerprint density at radius 3 is 2.67 bits per heavy atom. The summed E-state index contributed by atoms with van der Waals surface area (Å²) in [6.07, 6.45) is -0.710. The van der Waals surface area contributed by atoms with Crippen molar-refractivity contribution >= 4 is 17.1 Å². The topological polar surface area (TPSA) is 96.7 Å². The van der Waals surface area contributed by atoms with Gasteiger partial charge < -0.3 is 19.7 Å². The number of amides is 1. The molecule has 1 heterocycles. The Morgan fingerprint density at radius 2 is 2.08 bits per heavy atom. The average Bonchev–Trinajstić information content (AvgIpc) is 2.84. The summed E-state index contributed by atoms with van der Waals surface area (Å²) in [7, 11) is 0. The SMILES string of the molecule is CC(C)(C)n1oc2cc(OCC(=CF)COC(N)=O)ccc2c1=O. The van der Waals surface area contributed by atoms with Crippen molar-refractivity contribution in [2.45, 2.75) is 26.3 Å². The number of nitrogens with zero attached hydrogens (tertiary/aromatic N) is 1. The first kappa shape index (κ1) is 17.6. The van der Waals surface area contributed by atoms with Crippen LogP contribution in [0.1, 0.15) is 20.8 Å². The summed E-state index contributed by atoms with van der Waals surface area (Å²) in [5, 5.41) is 0.426. The van der Waals surface area contributed by atoms with Crippen molar-refractivity contribution < 1.29 is 23.2 Å². The molecule has 7 nitrogen and oxygen atoms in total. The smallest absolute Gasteiger partial charge is 0.404 e. The van der Waals surface area contributed by atoms with Crippen molar-refractivity contribution in [1.29, 1.82) is 0 Å². The fourth-order valence-corrected chi connectivity index (χ4v) is 1.98. The Labute approximate surface area is 137 Å². The van der Waals surface area contributed by atoms with Gasteiger partial charge in [-0.25, -0.2) is 9.18 Å². The summed E-state index contributed by atoms with van der Waals surface area (Å²) in [6, 6.07) is 4.71. The summed E-state index contributed by atoms with van der Waals surface area (Å²) in [5.41, 5.74) is 4.56. The lowest BCUT2D eigenvalue weighted by Gasteiger charge is -2.16. The van der Waals surface area contributed by atoms with Gasteiger partial charge in [-0.1, -0.05) is 0 Å². The zero-order chi connectivity index (χ0) is 17.9. The van der Waals surface area contributed by atoms with Crippen molar-refractivity contribution in [3.8, 4) is 5.75 Å². The number of fused-ring (bicyclic) bond motifs is 1. The number of rotatable bonds is 5. The second-order valence-electron chi connectivity index (χ2n) is 6.18. The molecule has 0 saturated carbocycles. The first-order valence-corrected chi connectivity index (χ1v) is 7.22. The van der Waals surface area contributed by atoms with E-state index >= 15 is 0 Å². The van der Waals surface area contributed by atoms with E-state index in [1.54, 1.807) is 18.2 Å². The molecule has 130 valence electrons. The second-order valence-corrected chi connectivity index (χ2v) is 6.18. The summed E-state index contributed by atoms with van der Waals surface area (Å²) in [4.78, 5) is 22.8. The molecule has 0 aliphatic carbocycles. The van der Waals surface area contributed by atoms with Crippen molar-refractivity contribution in [2.75, 3.05) is 13.2 Å². The molecule has 24 heavy (non-hydrogen) atoms. The van der Waals surface area contributed by atoms with Crippen molar-refractivity contribution in [3.63, 3.8) is 0 Å². The Hall–Kier alpha value is -2.77. The van der Waals surface area contributed by atoms with Gasteiger partial charge in [0.25, 0.3) is 5.56 Å². The van der Waals surface area contributed by atoms with E-state index in [9.17, 15) is 14.0 Å². The minimum Gasteiger partial charge on any atom is -0.489 e. The highest BCUT2D eigenvalue weighted by Gasteiger charge is 2.21. The lowest BCUT2D eigenvalue weighted by Crippen LogP contribution is -2.30. The van der Waals surface area contributed by atoms with Crippen LogP contribution < -0.4 is 16.0 Å². The molecule has 0 saturated heterocycles. The summed E-state index contributed by atoms with van der Waals surface area (Å²) in [5.74, 6) is 0.385. The highest BCUT2D eigenvalue weighted by Crippen LogP contribution is 2.22. The molecule has 0 aliphatic heterocycles. The molecule has 2 rings (SSSR count). The van der Waals surface area contributed by atoms with Crippen molar-refractivity contribution in [3.05, 3.63) is 40.5 Å². The summed E-state index contributed by atoms with van der Waals surface area (Å²) in [6.45, 7) is 5.12. The number of hydrogen-bond donors (Lipinski definition) is 1. The van der Waals surface area contributed by atoms with Crippen molar-refractivity contribution in [1.82, 2.24) is 4.74 Å². The van der Waals surface area contributed by atoms with Gasteiger partial charge in [0.05, 0.1) is 17.3 Å². The van der Waals surface area contributed by atoms with Crippen LogP contribution in [-0.2, 0) is 10.3 Å². The van der Waals surface area contributed by atoms with E-state index in [4.69, 9.17) is 15.0 Å². The average molecular weight is 338 g/mol. The zero-order valence-electron chi connectivity index (χ0n) is 13.7. The van der Waals surface area contributed by atoms with Gasteiger partial charge in [-0.15, -0.1) is 0 Å². The van der Waals surface area contributed by atoms with E-state index in [-0.39, 0.29) is 30.7 Å². The molecule has 1 aromatic heterocycles. The third-order valence-corrected chi connectivity index (χ3v) is 3.15. The summed E-state index contributed by atoms with van der Waals surface area (Å²) >= 11 is 0. The van der Waals surface area contributed by atoms with E-state index < -0.39 is 11.6 Å². The van der Waals surface area contributed by atoms with Crippen LogP contribution >= 0.6 is 0 Å². The van der Waals surface area contributed by atoms with Gasteiger partial charge >= 0.3 is 6.09 Å². The van der Waals surface area contributed by atoms with Crippen LogP contribution in [-0.4, -0.2) is 24.0 Å². The third kappa shape index (κ3) is 3.95. The molecular weight excluding hydrogens is 319 g/mol. The van der Waals surface area contributed by atoms with Crippen LogP contribution in [0.3, 0.4) is 0 Å². The molecule has 1 amide bonds. The van der Waals surface area contributed by atoms with Crippen LogP contribution in [0.25, 0.3) is 11.0 Å². The largest absolute Gasteiger partial charge is 0.489 e. The predicted octanol–water partition coefficient (Wildman–Crippen LogP) is 2.68. The van der Waals surface area contributed by atoms with Crippen LogP contribution in [0, 0.1) is 0 Å². The number of hydrogen-bond acceptors (Lipinski definition) is 5. The molecule has 0 bridgehead atoms. The van der Waals surface area contributed by atoms with E-state index in [1.807, 2.05) is 20.8 Å². The van der Waals surface area contributed by atoms with Gasteiger partial charge in [-0.3, -0.25) is 4.79 Å². The monoisotopic (exact) mass is 338 g/mol. The highest BCUT2D eigenvalue weighted by molar-refractivity contribution is 5.77. The van der Waals surface area contributed by atoms with E-state index in [2.05, 4.69) is 4.74 Å². The number of primary amides is 1. The number of nitrogens with two attached hydrogens (primary N) is 1. The van der Waals surface area contributed by atoms with Crippen LogP contribution in [0.2, 0.25) is 0 Å². The maximum atomic E-state index is 12.7. The number of benzene rings is 1. The molecule has 0 atom stereocenters. The van der Waals surface area contributed by atoms with Gasteiger partial charge in [0.15, 0.2) is 5.58 Å². The summed E-state index contributed by atoms with van der Waals surface area (Å²) < 4.78 is 29.5. The molecule has 0 unspecified atom stereocenters. The van der Waals surface area contributed by atoms with E-state index in [0.29, 0.717) is 16.7 Å². The van der Waals surface area contributed by atoms with Gasteiger partial charge in [-0.2, -0.15) is 4.74 Å². The molecule has 2 N–H and O–H groups in total. The Morgan fingerprint density at radius 1 is 1.38 bits per heavy atom. The molecule has 1 aromatic carbocycles. The highest BCUT2D eigenvalue weighted by atomic mass is 19.1. The normalized spacial score (nSPS) is 12.4. The molecule has 8 heteroatoms. The van der Waals surface area contributed by atoms with Gasteiger partial charge in [0.2, 0.25) is 0 Å². The van der Waals surface area contributed by atoms with Gasteiger partial charge in [0.1, 0.15) is 19.0 Å². The molecule has 0 aliphatic rings. The molecule has 0 spiro atoms. The van der Waals surface area contributed by atoms with Crippen LogP contribution in [0.4, 0.5) is 9.18 Å². The molecular formula is C16H19FN2O5. The first-order chi connectivity index (χ1) is 11.2. The molecule has 2 aromatic rings. The Balaban J connectivity index is 2.16. The second kappa shape index (κ2) is 6.77. The quantitative estimate of drug-likeness (QED) is 0.904. The van der Waals surface area contributed by atoms with Gasteiger partial charge in [0, 0.05) is 11.6 Å². The maximum Gasteiger partial charge on any atom is 0.404 e. The number of carbonyl (C=O) groups is 1. The Bertz CT molecular complexity index is 829. The minimum absolute atomic E-state index is 0.0996. The van der Waals surface area contributed by atoms with E-state index in [1.165, 1.54) is 4.74 Å². The number of aromatic nitrogens is 1. The predicted molar refractivity (Wildman–Crippen MR) is 85.7 cm³/mol. The first-order valence-electron chi connectivity index (χ1n) is 7.22. The molecule has 0 radical (unpaired) electrons. The lowest BCUT2D eigenvalue weighted by molar-refractivity contribution is 0.162. The standard InChI is InChI=1S/C16H19FN2O5/c1-16(2,3)19-14(20)12-5-4-11(6-13(12)24-19)22-8-10(7-17)9-23-15(18)21/h4-7H,8-9H2,1-3H3,(H2,18,21). The zero-order valence-corrected chi connectivity index (χ0v) is 13.7. The third-order valence-electron chi connectivity index (χ3n) is 3.15. The fraction of sp³-hybridized carbons (Fsp3) is 0.375. The van der Waals surface area contributed by atoms with Gasteiger partial charge in [-0.05, 0) is 32.9 Å². The molecule has 0 fully saturated rings. The maximum absolute atomic E-state index is 12.7. The van der Waals surface area contributed by atoms with Crippen LogP contribution in [0.5, 0.6) is 5.75 Å². The van der Waals surface area contributed by atoms with Crippen molar-refractivity contribution in [2.24, 2.45) is 5.73 Å². The van der Waals surface area contributed by atoms with Crippen LogP contribution in [0.15, 0.2) is 39.4 Å². The number of ether oxygens (including phenoxy) is 2. The Kier molecular flexibility index (Phi) is 4.96. The number of carbonyl (C=O) groups excluding carboxylic acids is 1. The lowest BCUT2D eigenvalue weighted by atomic mass is 10.1.